The summed E-state index contributed by atoms with van der Waals surface area (Å²) in [4.78, 5) is 31.4. The van der Waals surface area contributed by atoms with Crippen molar-refractivity contribution in [3.05, 3.63) is 318 Å². The fraction of sp³-hybridized carbons (Fsp3) is 0.0185. The van der Waals surface area contributed by atoms with Gasteiger partial charge in [-0.05, 0) is 107 Å². The molecule has 30 heteroatoms. The Bertz CT molecular complexity index is 2190. The average Bonchev–Trinajstić information content (AvgIpc) is 4.42. The molecule has 28 nitrogen and oxygen atoms in total. The van der Waals surface area contributed by atoms with Crippen molar-refractivity contribution in [2.75, 3.05) is 6.54 Å². The van der Waals surface area contributed by atoms with Crippen LogP contribution in [0.15, 0.2) is 351 Å². The summed E-state index contributed by atoms with van der Waals surface area (Å²) < 4.78 is 18.0. The average molecular weight is 1170 g/mol. The third-order valence-corrected chi connectivity index (χ3v) is 7.75. The highest BCUT2D eigenvalue weighted by Gasteiger charge is 1.76. The maximum atomic E-state index is 4.58. The van der Waals surface area contributed by atoms with Gasteiger partial charge in [-0.25, -0.2) is 19.9 Å². The fourth-order valence-electron chi connectivity index (χ4n) is 3.54. The number of furan rings is 2. The summed E-state index contributed by atoms with van der Waals surface area (Å²) >= 11 is 3.20. The van der Waals surface area contributed by atoms with Crippen LogP contribution >= 0.6 is 22.7 Å². The van der Waals surface area contributed by atoms with E-state index in [-0.39, 0.29) is 0 Å². The van der Waals surface area contributed by atoms with Crippen molar-refractivity contribution in [1.29, 1.82) is 0 Å². The Morgan fingerprint density at radius 1 is 0.321 bits per heavy atom. The first-order valence-electron chi connectivity index (χ1n) is 23.8. The summed E-state index contributed by atoms with van der Waals surface area (Å²) in [5, 5.41) is 53.3. The smallest absolute Gasteiger partial charge is 0.203 e. The maximum absolute atomic E-state index is 4.58. The first-order valence-corrected chi connectivity index (χ1v) is 25.7. The number of H-pyrrole nitrogens is 5. The van der Waals surface area contributed by atoms with Crippen LogP contribution in [-0.4, -0.2) is 119 Å². The Morgan fingerprint density at radius 3 is 1.01 bits per heavy atom. The van der Waals surface area contributed by atoms with Crippen LogP contribution in [-0.2, 0) is 0 Å². The molecular weight excluding hydrogens is 1110 g/mol. The first-order chi connectivity index (χ1) is 42.0. The van der Waals surface area contributed by atoms with E-state index >= 15 is 0 Å². The van der Waals surface area contributed by atoms with Gasteiger partial charge in [0.05, 0.1) is 44.0 Å². The van der Waals surface area contributed by atoms with Crippen molar-refractivity contribution >= 4 is 28.9 Å². The van der Waals surface area contributed by atoms with Gasteiger partial charge in [0.25, 0.3) is 0 Å². The number of rotatable bonds is 0. The third-order valence-electron chi connectivity index (χ3n) is 6.69. The molecule has 0 aromatic carbocycles. The van der Waals surface area contributed by atoms with Gasteiger partial charge in [0.1, 0.15) is 36.3 Å². The van der Waals surface area contributed by atoms with Crippen LogP contribution in [0.2, 0.25) is 0 Å². The largest absolute Gasteiger partial charge is 0.473 e. The summed E-state index contributed by atoms with van der Waals surface area (Å²) in [5.41, 5.74) is 3.36. The number of pyridine rings is 1. The topological polar surface area (TPSA) is 375 Å². The minimum absolute atomic E-state index is 0.667. The van der Waals surface area contributed by atoms with Crippen molar-refractivity contribution in [2.24, 2.45) is 15.4 Å². The first kappa shape index (κ1) is 70.0. The number of hydrogen-bond donors (Lipinski definition) is 5. The molecule has 5 N–H and O–H groups in total. The molecule has 0 unspecified atom stereocenters. The van der Waals surface area contributed by atoms with E-state index in [1.807, 2.05) is 139 Å². The molecule has 0 saturated carbocycles. The molecule has 1 aliphatic heterocycles. The fourth-order valence-corrected chi connectivity index (χ4v) is 4.26. The van der Waals surface area contributed by atoms with Gasteiger partial charge < -0.3 is 27.6 Å². The SMILES string of the molecule is C1=NN=NC1.c1cc[nH]c1.c1cc[nH]c1.c1ccncc1.c1ccnnc1.c1ccoc1.c1ccoc1.c1ccsc1.c1cn[nH]c1.c1cn[nH]c1.c1cnccn1.c1cncnc1.c1cocn1.c1nc[nH]n1.c1nnco1.c1nncs1. The summed E-state index contributed by atoms with van der Waals surface area (Å²) in [5.74, 6) is 0. The number of thiophene rings is 1. The van der Waals surface area contributed by atoms with Crippen LogP contribution in [0, 0.1) is 0 Å². The molecule has 84 heavy (non-hydrogen) atoms. The summed E-state index contributed by atoms with van der Waals surface area (Å²) in [6, 6.07) is 34.0. The van der Waals surface area contributed by atoms with E-state index in [0.717, 1.165) is 0 Å². The molecule has 0 fully saturated rings. The summed E-state index contributed by atoms with van der Waals surface area (Å²) in [6.07, 6.45) is 50.7. The third kappa shape index (κ3) is 64.2. The van der Waals surface area contributed by atoms with E-state index in [1.54, 1.807) is 153 Å². The summed E-state index contributed by atoms with van der Waals surface area (Å²) in [7, 11) is 0. The minimum atomic E-state index is 0.667. The molecular formula is C54H60N24O4S2. The number of aromatic amines is 5. The van der Waals surface area contributed by atoms with Crippen LogP contribution in [0.1, 0.15) is 0 Å². The lowest BCUT2D eigenvalue weighted by Gasteiger charge is -1.70. The van der Waals surface area contributed by atoms with Crippen LogP contribution in [0.4, 0.5) is 0 Å². The zero-order chi connectivity index (χ0) is 59.4. The molecule has 15 aromatic rings. The minimum Gasteiger partial charge on any atom is -0.473 e. The Labute approximate surface area is 490 Å². The van der Waals surface area contributed by atoms with Gasteiger partial charge in [-0.1, -0.05) is 18.2 Å². The predicted octanol–water partition coefficient (Wildman–Crippen LogP) is 11.2. The van der Waals surface area contributed by atoms with E-state index in [0.29, 0.717) is 6.54 Å². The molecule has 0 atom stereocenters. The molecule has 16 rings (SSSR count). The van der Waals surface area contributed by atoms with Crippen molar-refractivity contribution in [2.45, 2.75) is 0 Å². The van der Waals surface area contributed by atoms with Gasteiger partial charge >= 0.3 is 0 Å². The van der Waals surface area contributed by atoms with E-state index in [1.165, 1.54) is 55.8 Å². The molecule has 0 amide bonds. The number of oxazole rings is 1. The van der Waals surface area contributed by atoms with Gasteiger partial charge in [-0.2, -0.15) is 41.9 Å². The number of aromatic nitrogens is 21. The van der Waals surface area contributed by atoms with E-state index in [9.17, 15) is 0 Å². The van der Waals surface area contributed by atoms with E-state index < -0.39 is 0 Å². The molecule has 0 spiro atoms. The lowest BCUT2D eigenvalue weighted by Crippen LogP contribution is -1.69. The van der Waals surface area contributed by atoms with Gasteiger partial charge in [-0.3, -0.25) is 30.2 Å². The van der Waals surface area contributed by atoms with E-state index in [2.05, 4.69) is 139 Å². The molecule has 1 aliphatic rings. The molecule has 432 valence electrons. The lowest BCUT2D eigenvalue weighted by molar-refractivity contribution is 0.553. The molecule has 16 heterocycles. The van der Waals surface area contributed by atoms with Crippen LogP contribution < -0.4 is 0 Å². The van der Waals surface area contributed by atoms with Gasteiger partial charge in [0, 0.05) is 112 Å². The van der Waals surface area contributed by atoms with Gasteiger partial charge in [0.15, 0.2) is 6.39 Å². The molecule has 0 saturated heterocycles. The van der Waals surface area contributed by atoms with Gasteiger partial charge in [0.2, 0.25) is 12.8 Å². The second kappa shape index (κ2) is 67.1. The zero-order valence-corrected chi connectivity index (χ0v) is 46.4. The summed E-state index contributed by atoms with van der Waals surface area (Å²) in [6.45, 7) is 0.667. The highest BCUT2D eigenvalue weighted by Crippen LogP contribution is 1.91. The lowest BCUT2D eigenvalue weighted by atomic mass is 10.5. The van der Waals surface area contributed by atoms with Crippen LogP contribution in [0.5, 0.6) is 0 Å². The quantitative estimate of drug-likeness (QED) is 0.0941. The van der Waals surface area contributed by atoms with Crippen LogP contribution in [0.25, 0.3) is 0 Å². The van der Waals surface area contributed by atoms with E-state index in [4.69, 9.17) is 0 Å². The number of nitrogens with one attached hydrogen (secondary N) is 5. The van der Waals surface area contributed by atoms with Crippen molar-refractivity contribution in [3.63, 3.8) is 0 Å². The molecule has 0 aliphatic carbocycles. The molecule has 15 aromatic heterocycles. The number of hydrogen-bond acceptors (Lipinski definition) is 25. The van der Waals surface area contributed by atoms with Crippen LogP contribution in [0.3, 0.4) is 0 Å². The molecule has 0 bridgehead atoms. The monoisotopic (exact) mass is 1170 g/mol. The van der Waals surface area contributed by atoms with Crippen molar-refractivity contribution in [1.82, 2.24) is 106 Å². The second-order valence-corrected chi connectivity index (χ2v) is 14.1. The Balaban J connectivity index is 0.000000448. The Kier molecular flexibility index (Phi) is 55.9. The highest BCUT2D eigenvalue weighted by molar-refractivity contribution is 7.07. The normalized spacial score (nSPS) is 8.57. The van der Waals surface area contributed by atoms with Gasteiger partial charge in [-0.15, -0.1) is 36.8 Å². The maximum Gasteiger partial charge on any atom is 0.203 e. The van der Waals surface area contributed by atoms with Crippen molar-refractivity contribution < 1.29 is 17.7 Å². The standard InChI is InChI=1S/C5H5N.3C4H4N2.2C4H5N.2C4H4O.C4H4S.2C3H4N2.C3H3NO.2C2H3N3.C2H2N2O.C2H2N2S/c1-2-4-6-5-3-1;1-2-6-4-3-5-1;1-2-5-4-6-3-1;1-2-4-6-5-3-1;7*1-2-4-5-3-1;1-2-5-3-4-1;1-3-2-5-4-1;1-2-4-5-3-1;2*1-3-4-2-5-1/h1-5H;3*1-4H;2*1-5H;3*1-4H;2*1-3H,(H,4,5);1-3H;1-2H,(H,3,4,5);1H,2H2;2*1-2H. The predicted molar refractivity (Wildman–Crippen MR) is 316 cm³/mol. The zero-order valence-electron chi connectivity index (χ0n) is 44.8. The number of nitrogens with zero attached hydrogens (tertiary/aromatic N) is 19. The highest BCUT2D eigenvalue weighted by atomic mass is 32.1. The Morgan fingerprint density at radius 2 is 0.857 bits per heavy atom. The Hall–Kier alpha value is -12.0. The van der Waals surface area contributed by atoms with Crippen molar-refractivity contribution in [3.8, 4) is 0 Å². The second-order valence-electron chi connectivity index (χ2n) is 12.6. The molecule has 0 radical (unpaired) electrons.